The lowest BCUT2D eigenvalue weighted by atomic mass is 9.82. The molecule has 16 heavy (non-hydrogen) atoms. The van der Waals surface area contributed by atoms with Gasteiger partial charge < -0.3 is 9.47 Å². The Bertz CT molecular complexity index is 300. The second-order valence-corrected chi connectivity index (χ2v) is 5.43. The molecule has 0 N–H and O–H groups in total. The molecule has 1 fully saturated rings. The SMILES string of the molecule is CC1(C)CC/C=C2/OCCO/C2=C/CCC1. The van der Waals surface area contributed by atoms with E-state index in [1.54, 1.807) is 0 Å². The third-order valence-electron chi connectivity index (χ3n) is 3.38. The van der Waals surface area contributed by atoms with Crippen LogP contribution in [-0.4, -0.2) is 13.2 Å². The van der Waals surface area contributed by atoms with Crippen molar-refractivity contribution in [3.63, 3.8) is 0 Å². The molecule has 0 spiro atoms. The third kappa shape index (κ3) is 3.03. The summed E-state index contributed by atoms with van der Waals surface area (Å²) in [6, 6.07) is 0. The minimum absolute atomic E-state index is 0.456. The molecule has 0 amide bonds. The number of rotatable bonds is 0. The van der Waals surface area contributed by atoms with Gasteiger partial charge in [0.15, 0.2) is 11.5 Å². The summed E-state index contributed by atoms with van der Waals surface area (Å²) in [5, 5.41) is 0. The maximum atomic E-state index is 5.65. The summed E-state index contributed by atoms with van der Waals surface area (Å²) in [7, 11) is 0. The molecule has 0 unspecified atom stereocenters. The van der Waals surface area contributed by atoms with Gasteiger partial charge in [-0.15, -0.1) is 0 Å². The van der Waals surface area contributed by atoms with Crippen molar-refractivity contribution < 1.29 is 9.47 Å². The highest BCUT2D eigenvalue weighted by Crippen LogP contribution is 2.32. The smallest absolute Gasteiger partial charge is 0.157 e. The highest BCUT2D eigenvalue weighted by atomic mass is 16.6. The summed E-state index contributed by atoms with van der Waals surface area (Å²) in [6.07, 6.45) is 10.3. The molecule has 90 valence electrons. The molecule has 1 saturated heterocycles. The van der Waals surface area contributed by atoms with Crippen molar-refractivity contribution in [2.24, 2.45) is 5.41 Å². The Morgan fingerprint density at radius 2 is 1.56 bits per heavy atom. The van der Waals surface area contributed by atoms with Gasteiger partial charge >= 0.3 is 0 Å². The van der Waals surface area contributed by atoms with Crippen molar-refractivity contribution >= 4 is 0 Å². The molecule has 0 bridgehead atoms. The lowest BCUT2D eigenvalue weighted by molar-refractivity contribution is 0.0578. The van der Waals surface area contributed by atoms with Crippen LogP contribution in [0.25, 0.3) is 0 Å². The molecule has 0 saturated carbocycles. The Morgan fingerprint density at radius 3 is 2.25 bits per heavy atom. The van der Waals surface area contributed by atoms with Crippen molar-refractivity contribution in [2.75, 3.05) is 13.2 Å². The molecule has 2 rings (SSSR count). The standard InChI is InChI=1S/C14H22O2/c1-14(2)8-4-3-6-12-13(7-5-9-14)16-11-10-15-12/h6-7H,3-5,8-11H2,1-2H3/b12-6+,13-7+. The van der Waals surface area contributed by atoms with E-state index in [0.29, 0.717) is 18.6 Å². The summed E-state index contributed by atoms with van der Waals surface area (Å²) < 4.78 is 11.3. The van der Waals surface area contributed by atoms with Crippen LogP contribution in [0.5, 0.6) is 0 Å². The summed E-state index contributed by atoms with van der Waals surface area (Å²) >= 11 is 0. The zero-order chi connectivity index (χ0) is 11.4. The van der Waals surface area contributed by atoms with Crippen LogP contribution >= 0.6 is 0 Å². The summed E-state index contributed by atoms with van der Waals surface area (Å²) in [5.74, 6) is 1.93. The van der Waals surface area contributed by atoms with Crippen molar-refractivity contribution in [2.45, 2.75) is 46.0 Å². The van der Waals surface area contributed by atoms with E-state index in [-0.39, 0.29) is 0 Å². The van der Waals surface area contributed by atoms with E-state index in [0.717, 1.165) is 24.4 Å². The van der Waals surface area contributed by atoms with Crippen LogP contribution in [-0.2, 0) is 9.47 Å². The van der Waals surface area contributed by atoms with Crippen molar-refractivity contribution in [1.82, 2.24) is 0 Å². The third-order valence-corrected chi connectivity index (χ3v) is 3.38. The zero-order valence-electron chi connectivity index (χ0n) is 10.4. The quantitative estimate of drug-likeness (QED) is 0.621. The monoisotopic (exact) mass is 222 g/mol. The zero-order valence-corrected chi connectivity index (χ0v) is 10.4. The van der Waals surface area contributed by atoms with Crippen LogP contribution in [0.3, 0.4) is 0 Å². The Labute approximate surface area is 98.3 Å². The van der Waals surface area contributed by atoms with Gasteiger partial charge in [0.25, 0.3) is 0 Å². The molecule has 1 aliphatic heterocycles. The molecule has 1 heterocycles. The van der Waals surface area contributed by atoms with Gasteiger partial charge in [-0.2, -0.15) is 0 Å². The minimum Gasteiger partial charge on any atom is -0.486 e. The molecule has 2 nitrogen and oxygen atoms in total. The Morgan fingerprint density at radius 1 is 0.938 bits per heavy atom. The first-order chi connectivity index (χ1) is 7.67. The van der Waals surface area contributed by atoms with Crippen LogP contribution in [0.4, 0.5) is 0 Å². The van der Waals surface area contributed by atoms with Crippen molar-refractivity contribution in [3.05, 3.63) is 23.7 Å². The summed E-state index contributed by atoms with van der Waals surface area (Å²) in [4.78, 5) is 0. The topological polar surface area (TPSA) is 18.5 Å². The lowest BCUT2D eigenvalue weighted by Gasteiger charge is -2.26. The number of hydrogen-bond acceptors (Lipinski definition) is 2. The van der Waals surface area contributed by atoms with E-state index in [2.05, 4.69) is 26.0 Å². The van der Waals surface area contributed by atoms with Crippen LogP contribution in [0, 0.1) is 5.41 Å². The van der Waals surface area contributed by atoms with E-state index in [4.69, 9.17) is 9.47 Å². The summed E-state index contributed by atoms with van der Waals surface area (Å²) in [6.45, 7) is 6.09. The first-order valence-corrected chi connectivity index (χ1v) is 6.34. The highest BCUT2D eigenvalue weighted by molar-refractivity contribution is 5.21. The van der Waals surface area contributed by atoms with Crippen molar-refractivity contribution in [1.29, 1.82) is 0 Å². The molecule has 0 aromatic carbocycles. The van der Waals surface area contributed by atoms with E-state index in [1.807, 2.05) is 0 Å². The molecular formula is C14H22O2. The first-order valence-electron chi connectivity index (χ1n) is 6.34. The molecule has 0 radical (unpaired) electrons. The molecule has 2 aliphatic rings. The minimum atomic E-state index is 0.456. The second-order valence-electron chi connectivity index (χ2n) is 5.43. The summed E-state index contributed by atoms with van der Waals surface area (Å²) in [5.41, 5.74) is 0.456. The molecule has 0 aromatic heterocycles. The van der Waals surface area contributed by atoms with Crippen LogP contribution in [0.2, 0.25) is 0 Å². The van der Waals surface area contributed by atoms with E-state index in [9.17, 15) is 0 Å². The fourth-order valence-corrected chi connectivity index (χ4v) is 2.30. The van der Waals surface area contributed by atoms with E-state index in [1.165, 1.54) is 19.3 Å². The molecule has 1 aliphatic carbocycles. The van der Waals surface area contributed by atoms with Gasteiger partial charge in [0.1, 0.15) is 13.2 Å². The van der Waals surface area contributed by atoms with Gasteiger partial charge in [-0.25, -0.2) is 0 Å². The number of hydrogen-bond donors (Lipinski definition) is 0. The van der Waals surface area contributed by atoms with E-state index >= 15 is 0 Å². The van der Waals surface area contributed by atoms with Gasteiger partial charge in [0.05, 0.1) is 0 Å². The van der Waals surface area contributed by atoms with Gasteiger partial charge in [-0.05, 0) is 49.7 Å². The largest absolute Gasteiger partial charge is 0.486 e. The predicted molar refractivity (Wildman–Crippen MR) is 64.9 cm³/mol. The maximum Gasteiger partial charge on any atom is 0.157 e. The second kappa shape index (κ2) is 4.94. The molecule has 0 aromatic rings. The molecule has 0 atom stereocenters. The Balaban J connectivity index is 2.09. The fraction of sp³-hybridized carbons (Fsp3) is 0.714. The first kappa shape index (κ1) is 11.6. The average molecular weight is 222 g/mol. The number of fused-ring (bicyclic) bond motifs is 1. The van der Waals surface area contributed by atoms with Crippen LogP contribution < -0.4 is 0 Å². The Kier molecular flexibility index (Phi) is 3.57. The van der Waals surface area contributed by atoms with Crippen LogP contribution in [0.15, 0.2) is 23.7 Å². The lowest BCUT2D eigenvalue weighted by Crippen LogP contribution is -2.16. The van der Waals surface area contributed by atoms with E-state index < -0.39 is 0 Å². The maximum absolute atomic E-state index is 5.65. The Hall–Kier alpha value is -0.920. The number of allylic oxidation sites excluding steroid dienone is 2. The van der Waals surface area contributed by atoms with Crippen LogP contribution in [0.1, 0.15) is 46.0 Å². The molecular weight excluding hydrogens is 200 g/mol. The predicted octanol–water partition coefficient (Wildman–Crippen LogP) is 3.79. The average Bonchev–Trinajstić information content (AvgIpc) is 2.26. The fourth-order valence-electron chi connectivity index (χ4n) is 2.30. The van der Waals surface area contributed by atoms with Gasteiger partial charge in [-0.1, -0.05) is 13.8 Å². The number of ether oxygens (including phenoxy) is 2. The van der Waals surface area contributed by atoms with Gasteiger partial charge in [0.2, 0.25) is 0 Å². The highest BCUT2D eigenvalue weighted by Gasteiger charge is 2.19. The van der Waals surface area contributed by atoms with Gasteiger partial charge in [0, 0.05) is 0 Å². The van der Waals surface area contributed by atoms with Gasteiger partial charge in [-0.3, -0.25) is 0 Å². The molecule has 2 heteroatoms. The van der Waals surface area contributed by atoms with Crippen molar-refractivity contribution in [3.8, 4) is 0 Å². The normalized spacial score (nSPS) is 31.9.